The van der Waals surface area contributed by atoms with Crippen molar-refractivity contribution in [3.05, 3.63) is 63.6 Å². The van der Waals surface area contributed by atoms with Gasteiger partial charge >= 0.3 is 12.0 Å². The lowest BCUT2D eigenvalue weighted by atomic mass is 9.92. The fraction of sp³-hybridized carbons (Fsp3) is 0.167. The van der Waals surface area contributed by atoms with E-state index >= 15 is 0 Å². The van der Waals surface area contributed by atoms with Crippen LogP contribution in [-0.4, -0.2) is 29.4 Å². The summed E-state index contributed by atoms with van der Waals surface area (Å²) >= 11 is 9.08. The van der Waals surface area contributed by atoms with Crippen LogP contribution < -0.4 is 10.1 Å². The highest BCUT2D eigenvalue weighted by Crippen LogP contribution is 2.30. The summed E-state index contributed by atoms with van der Waals surface area (Å²) in [4.78, 5) is 38.0. The van der Waals surface area contributed by atoms with Gasteiger partial charge in [0.15, 0.2) is 0 Å². The second-order valence-corrected chi connectivity index (χ2v) is 7.15. The van der Waals surface area contributed by atoms with Crippen LogP contribution in [0.4, 0.5) is 4.79 Å². The average molecular weight is 438 g/mol. The predicted octanol–water partition coefficient (Wildman–Crippen LogP) is 3.48. The van der Waals surface area contributed by atoms with Crippen LogP contribution in [0.25, 0.3) is 0 Å². The zero-order valence-electron chi connectivity index (χ0n) is 13.7. The van der Waals surface area contributed by atoms with E-state index in [1.807, 2.05) is 6.07 Å². The maximum absolute atomic E-state index is 12.7. The van der Waals surface area contributed by atoms with E-state index in [4.69, 9.17) is 16.3 Å². The van der Waals surface area contributed by atoms with Gasteiger partial charge in [-0.3, -0.25) is 9.69 Å². The van der Waals surface area contributed by atoms with Gasteiger partial charge < -0.3 is 10.1 Å². The van der Waals surface area contributed by atoms with Crippen LogP contribution in [0.1, 0.15) is 12.5 Å². The number of halogens is 2. The van der Waals surface area contributed by atoms with E-state index in [0.29, 0.717) is 15.1 Å². The highest BCUT2D eigenvalue weighted by molar-refractivity contribution is 9.10. The van der Waals surface area contributed by atoms with Gasteiger partial charge in [0.2, 0.25) is 0 Å². The molecule has 134 valence electrons. The molecule has 3 amide bonds. The third-order valence-corrected chi connectivity index (χ3v) is 4.89. The van der Waals surface area contributed by atoms with Gasteiger partial charge in [0.05, 0.1) is 4.47 Å². The molecule has 1 heterocycles. The number of amides is 3. The Morgan fingerprint density at radius 2 is 1.92 bits per heavy atom. The van der Waals surface area contributed by atoms with Gasteiger partial charge in [0.1, 0.15) is 17.8 Å². The molecule has 1 aliphatic heterocycles. The smallest absolute Gasteiger partial charge is 0.331 e. The van der Waals surface area contributed by atoms with Gasteiger partial charge in [-0.2, -0.15) is 0 Å². The Bertz CT molecular complexity index is 890. The van der Waals surface area contributed by atoms with E-state index in [0.717, 1.165) is 4.90 Å². The standard InChI is InChI=1S/C18H14BrClN2O4/c1-18(11-5-3-2-4-6-11)16(24)22(17(25)21-18)10-15(23)26-14-8-7-12(20)9-13(14)19/h2-9H,10H2,1H3,(H,21,25). The SMILES string of the molecule is CC1(c2ccccc2)NC(=O)N(CC(=O)Oc2ccc(Cl)cc2Br)C1=O. The number of rotatable bonds is 4. The van der Waals surface area contributed by atoms with Crippen LogP contribution in [0, 0.1) is 0 Å². The van der Waals surface area contributed by atoms with Crippen LogP contribution in [0.2, 0.25) is 5.02 Å². The average Bonchev–Trinajstić information content (AvgIpc) is 2.82. The molecule has 26 heavy (non-hydrogen) atoms. The van der Waals surface area contributed by atoms with E-state index < -0.39 is 30.0 Å². The molecule has 2 aromatic carbocycles. The second-order valence-electron chi connectivity index (χ2n) is 5.86. The lowest BCUT2D eigenvalue weighted by Gasteiger charge is -2.21. The molecule has 1 atom stereocenters. The Kier molecular flexibility index (Phi) is 5.02. The van der Waals surface area contributed by atoms with E-state index in [-0.39, 0.29) is 5.75 Å². The monoisotopic (exact) mass is 436 g/mol. The number of nitrogens with one attached hydrogen (secondary N) is 1. The zero-order chi connectivity index (χ0) is 18.9. The van der Waals surface area contributed by atoms with Crippen LogP contribution in [0.15, 0.2) is 53.0 Å². The van der Waals surface area contributed by atoms with Crippen molar-refractivity contribution in [1.29, 1.82) is 0 Å². The molecule has 1 N–H and O–H groups in total. The first-order valence-electron chi connectivity index (χ1n) is 7.66. The molecule has 0 radical (unpaired) electrons. The Morgan fingerprint density at radius 3 is 2.58 bits per heavy atom. The van der Waals surface area contributed by atoms with Crippen molar-refractivity contribution in [3.8, 4) is 5.75 Å². The molecule has 1 saturated heterocycles. The largest absolute Gasteiger partial charge is 0.424 e. The van der Waals surface area contributed by atoms with Gasteiger partial charge in [-0.15, -0.1) is 0 Å². The van der Waals surface area contributed by atoms with E-state index in [2.05, 4.69) is 21.2 Å². The van der Waals surface area contributed by atoms with Gasteiger partial charge in [-0.05, 0) is 46.6 Å². The van der Waals surface area contributed by atoms with Crippen LogP contribution in [-0.2, 0) is 15.1 Å². The fourth-order valence-electron chi connectivity index (χ4n) is 2.65. The first-order chi connectivity index (χ1) is 12.3. The van der Waals surface area contributed by atoms with Crippen molar-refractivity contribution in [2.45, 2.75) is 12.5 Å². The van der Waals surface area contributed by atoms with E-state index in [1.54, 1.807) is 43.3 Å². The first kappa shape index (κ1) is 18.4. The van der Waals surface area contributed by atoms with E-state index in [9.17, 15) is 14.4 Å². The first-order valence-corrected chi connectivity index (χ1v) is 8.84. The third-order valence-electron chi connectivity index (χ3n) is 4.03. The minimum atomic E-state index is -1.22. The van der Waals surface area contributed by atoms with E-state index in [1.165, 1.54) is 6.07 Å². The Hall–Kier alpha value is -2.38. The number of imide groups is 1. The molecule has 0 aliphatic carbocycles. The summed E-state index contributed by atoms with van der Waals surface area (Å²) in [6.07, 6.45) is 0. The number of urea groups is 1. The van der Waals surface area contributed by atoms with Crippen LogP contribution in [0.5, 0.6) is 5.75 Å². The summed E-state index contributed by atoms with van der Waals surface area (Å²) < 4.78 is 5.70. The lowest BCUT2D eigenvalue weighted by molar-refractivity contribution is -0.141. The van der Waals surface area contributed by atoms with Crippen molar-refractivity contribution in [1.82, 2.24) is 10.2 Å². The fourth-order valence-corrected chi connectivity index (χ4v) is 3.41. The summed E-state index contributed by atoms with van der Waals surface area (Å²) in [5.41, 5.74) is -0.589. The van der Waals surface area contributed by atoms with Crippen molar-refractivity contribution >= 4 is 45.4 Å². The molecule has 6 nitrogen and oxygen atoms in total. The summed E-state index contributed by atoms with van der Waals surface area (Å²) in [6.45, 7) is 1.10. The van der Waals surface area contributed by atoms with Crippen molar-refractivity contribution in [2.24, 2.45) is 0 Å². The molecule has 2 aromatic rings. The van der Waals surface area contributed by atoms with Crippen LogP contribution >= 0.6 is 27.5 Å². The number of esters is 1. The molecule has 0 saturated carbocycles. The molecule has 1 fully saturated rings. The maximum atomic E-state index is 12.7. The topological polar surface area (TPSA) is 75.7 Å². The number of hydrogen-bond acceptors (Lipinski definition) is 4. The number of ether oxygens (including phenoxy) is 1. The molecule has 0 spiro atoms. The summed E-state index contributed by atoms with van der Waals surface area (Å²) in [7, 11) is 0. The van der Waals surface area contributed by atoms with Gasteiger partial charge in [-0.1, -0.05) is 41.9 Å². The molecule has 1 aliphatic rings. The molecule has 3 rings (SSSR count). The number of carbonyl (C=O) groups excluding carboxylic acids is 3. The minimum Gasteiger partial charge on any atom is -0.424 e. The third kappa shape index (κ3) is 3.45. The molecule has 0 bridgehead atoms. The molecule has 1 unspecified atom stereocenters. The molecular formula is C18H14BrClN2O4. The maximum Gasteiger partial charge on any atom is 0.331 e. The van der Waals surface area contributed by atoms with Crippen LogP contribution in [0.3, 0.4) is 0 Å². The van der Waals surface area contributed by atoms with Crippen molar-refractivity contribution in [2.75, 3.05) is 6.54 Å². The normalized spacial score (nSPS) is 19.4. The highest BCUT2D eigenvalue weighted by atomic mass is 79.9. The Labute approximate surface area is 163 Å². The molecular weight excluding hydrogens is 424 g/mol. The van der Waals surface area contributed by atoms with Crippen molar-refractivity contribution < 1.29 is 19.1 Å². The summed E-state index contributed by atoms with van der Waals surface area (Å²) in [5.74, 6) is -1.01. The molecule has 8 heteroatoms. The van der Waals surface area contributed by atoms with Crippen molar-refractivity contribution in [3.63, 3.8) is 0 Å². The second kappa shape index (κ2) is 7.09. The number of benzene rings is 2. The van der Waals surface area contributed by atoms with Gasteiger partial charge in [-0.25, -0.2) is 9.59 Å². The lowest BCUT2D eigenvalue weighted by Crippen LogP contribution is -2.41. The summed E-state index contributed by atoms with van der Waals surface area (Å²) in [6, 6.07) is 12.9. The minimum absolute atomic E-state index is 0.247. The Morgan fingerprint density at radius 1 is 1.23 bits per heavy atom. The van der Waals surface area contributed by atoms with Gasteiger partial charge in [0.25, 0.3) is 5.91 Å². The number of nitrogens with zero attached hydrogens (tertiary/aromatic N) is 1. The summed E-state index contributed by atoms with van der Waals surface area (Å²) in [5, 5.41) is 3.11. The molecule has 0 aromatic heterocycles. The highest BCUT2D eigenvalue weighted by Gasteiger charge is 2.49. The quantitative estimate of drug-likeness (QED) is 0.451. The Balaban J connectivity index is 1.74. The van der Waals surface area contributed by atoms with Gasteiger partial charge in [0, 0.05) is 5.02 Å². The number of carbonyl (C=O) groups is 3. The number of hydrogen-bond donors (Lipinski definition) is 1. The predicted molar refractivity (Wildman–Crippen MR) is 98.8 cm³/mol. The zero-order valence-corrected chi connectivity index (χ0v) is 16.0.